The lowest BCUT2D eigenvalue weighted by Crippen LogP contribution is -2.30. The first-order chi connectivity index (χ1) is 10.4. The highest BCUT2D eigenvalue weighted by Gasteiger charge is 2.30. The summed E-state index contributed by atoms with van der Waals surface area (Å²) in [5, 5.41) is 0. The van der Waals surface area contributed by atoms with Gasteiger partial charge in [-0.2, -0.15) is 0 Å². The fraction of sp³-hybridized carbons (Fsp3) is 0.467. The fourth-order valence-electron chi connectivity index (χ4n) is 1.85. The molecule has 0 aliphatic carbocycles. The second-order valence-corrected chi connectivity index (χ2v) is 6.05. The molecule has 0 fully saturated rings. The first-order valence-corrected chi connectivity index (χ1v) is 8.38. The average Bonchev–Trinajstić information content (AvgIpc) is 2.46. The molecule has 0 bridgehead atoms. The molecule has 0 heterocycles. The number of halogens is 2. The quantitative estimate of drug-likeness (QED) is 0.482. The summed E-state index contributed by atoms with van der Waals surface area (Å²) in [6, 6.07) is 3.57. The maximum Gasteiger partial charge on any atom is 0.320 e. The first kappa shape index (κ1) is 19.0. The summed E-state index contributed by atoms with van der Waals surface area (Å²) in [5.41, 5.74) is 0.756. The van der Waals surface area contributed by atoms with Gasteiger partial charge in [-0.3, -0.25) is 9.59 Å². The van der Waals surface area contributed by atoms with E-state index in [0.29, 0.717) is 5.75 Å². The third kappa shape index (κ3) is 4.98. The van der Waals surface area contributed by atoms with Crippen molar-refractivity contribution in [2.75, 3.05) is 20.3 Å². The number of rotatable bonds is 7. The van der Waals surface area contributed by atoms with Gasteiger partial charge >= 0.3 is 11.9 Å². The normalized spacial score (nSPS) is 10.5. The molecule has 0 aliphatic rings. The van der Waals surface area contributed by atoms with Gasteiger partial charge in [0.15, 0.2) is 5.92 Å². The molecule has 122 valence electrons. The summed E-state index contributed by atoms with van der Waals surface area (Å²) in [6.45, 7) is 3.80. The van der Waals surface area contributed by atoms with Crippen LogP contribution in [0.3, 0.4) is 0 Å². The zero-order valence-electron chi connectivity index (χ0n) is 12.7. The summed E-state index contributed by atoms with van der Waals surface area (Å²) >= 11 is 6.80. The molecule has 0 N–H and O–H groups in total. The van der Waals surface area contributed by atoms with Gasteiger partial charge in [0.05, 0.1) is 24.8 Å². The zero-order chi connectivity index (χ0) is 16.7. The molecule has 0 aliphatic heterocycles. The van der Waals surface area contributed by atoms with Crippen molar-refractivity contribution in [2.45, 2.75) is 20.3 Å². The van der Waals surface area contributed by atoms with Gasteiger partial charge < -0.3 is 14.2 Å². The van der Waals surface area contributed by atoms with Gasteiger partial charge in [0, 0.05) is 4.47 Å². The van der Waals surface area contributed by atoms with Gasteiger partial charge in [0.2, 0.25) is 0 Å². The largest absolute Gasteiger partial charge is 0.496 e. The summed E-state index contributed by atoms with van der Waals surface area (Å²) in [6.07, 6.45) is 0.169. The van der Waals surface area contributed by atoms with E-state index in [0.717, 1.165) is 14.5 Å². The molecule has 7 heteroatoms. The van der Waals surface area contributed by atoms with Crippen LogP contribution < -0.4 is 4.74 Å². The average molecular weight is 438 g/mol. The number of benzene rings is 1. The highest BCUT2D eigenvalue weighted by Crippen LogP contribution is 2.33. The lowest BCUT2D eigenvalue weighted by Gasteiger charge is -2.16. The summed E-state index contributed by atoms with van der Waals surface area (Å²) < 4.78 is 16.7. The van der Waals surface area contributed by atoms with E-state index >= 15 is 0 Å². The van der Waals surface area contributed by atoms with E-state index in [9.17, 15) is 9.59 Å². The maximum absolute atomic E-state index is 12.0. The standard InChI is InChI=1S/C15H18Br2O5/c1-4-21-14(18)10(15(19)22-5-2)6-9-7-13(20-3)12(17)8-11(9)16/h7-8,10H,4-6H2,1-3H3. The number of carbonyl (C=O) groups excluding carboxylic acids is 2. The van der Waals surface area contributed by atoms with Gasteiger partial charge in [-0.25, -0.2) is 0 Å². The molecule has 5 nitrogen and oxygen atoms in total. The number of carbonyl (C=O) groups is 2. The van der Waals surface area contributed by atoms with Crippen LogP contribution in [0.4, 0.5) is 0 Å². The smallest absolute Gasteiger partial charge is 0.320 e. The molecule has 0 spiro atoms. The van der Waals surface area contributed by atoms with Crippen LogP contribution >= 0.6 is 31.9 Å². The third-order valence-corrected chi connectivity index (χ3v) is 4.25. The van der Waals surface area contributed by atoms with Crippen molar-refractivity contribution in [3.63, 3.8) is 0 Å². The molecule has 0 saturated carbocycles. The second kappa shape index (κ2) is 9.15. The SMILES string of the molecule is CCOC(=O)C(Cc1cc(OC)c(Br)cc1Br)C(=O)OCC. The Hall–Kier alpha value is -1.08. The summed E-state index contributed by atoms with van der Waals surface area (Å²) in [4.78, 5) is 24.0. The Morgan fingerprint density at radius 2 is 1.59 bits per heavy atom. The molecule has 0 aromatic heterocycles. The third-order valence-electron chi connectivity index (χ3n) is 2.89. The number of esters is 2. The van der Waals surface area contributed by atoms with Crippen LogP contribution in [0, 0.1) is 5.92 Å². The van der Waals surface area contributed by atoms with Crippen LogP contribution in [0.2, 0.25) is 0 Å². The van der Waals surface area contributed by atoms with E-state index in [1.54, 1.807) is 27.0 Å². The van der Waals surface area contributed by atoms with Crippen LogP contribution in [0.5, 0.6) is 5.75 Å². The Morgan fingerprint density at radius 3 is 2.05 bits per heavy atom. The fourth-order valence-corrected chi connectivity index (χ4v) is 3.17. The molecule has 0 amide bonds. The van der Waals surface area contributed by atoms with Gasteiger partial charge in [-0.05, 0) is 53.9 Å². The van der Waals surface area contributed by atoms with Crippen molar-refractivity contribution >= 4 is 43.8 Å². The Balaban J connectivity index is 3.08. The van der Waals surface area contributed by atoms with E-state index < -0.39 is 17.9 Å². The molecule has 0 unspecified atom stereocenters. The molecular formula is C15H18Br2O5. The van der Waals surface area contributed by atoms with E-state index in [1.165, 1.54) is 0 Å². The van der Waals surface area contributed by atoms with Crippen molar-refractivity contribution in [3.8, 4) is 5.75 Å². The maximum atomic E-state index is 12.0. The van der Waals surface area contributed by atoms with Crippen LogP contribution in [0.15, 0.2) is 21.1 Å². The molecule has 0 atom stereocenters. The number of ether oxygens (including phenoxy) is 3. The van der Waals surface area contributed by atoms with Crippen LogP contribution in [0.25, 0.3) is 0 Å². The zero-order valence-corrected chi connectivity index (χ0v) is 15.8. The minimum Gasteiger partial charge on any atom is -0.496 e. The van der Waals surface area contributed by atoms with Crippen LogP contribution in [-0.2, 0) is 25.5 Å². The minimum absolute atomic E-state index is 0.169. The van der Waals surface area contributed by atoms with Gasteiger partial charge in [-0.1, -0.05) is 15.9 Å². The number of hydrogen-bond donors (Lipinski definition) is 0. The van der Waals surface area contributed by atoms with Crippen molar-refractivity contribution in [1.29, 1.82) is 0 Å². The number of hydrogen-bond acceptors (Lipinski definition) is 5. The van der Waals surface area contributed by atoms with E-state index in [-0.39, 0.29) is 19.6 Å². The first-order valence-electron chi connectivity index (χ1n) is 6.79. The predicted molar refractivity (Wildman–Crippen MR) is 88.9 cm³/mol. The van der Waals surface area contributed by atoms with Crippen molar-refractivity contribution in [3.05, 3.63) is 26.6 Å². The van der Waals surface area contributed by atoms with Crippen LogP contribution in [0.1, 0.15) is 19.4 Å². The Morgan fingerprint density at radius 1 is 1.05 bits per heavy atom. The minimum atomic E-state index is -0.998. The number of methoxy groups -OCH3 is 1. The molecule has 0 saturated heterocycles. The highest BCUT2D eigenvalue weighted by atomic mass is 79.9. The molecular weight excluding hydrogens is 420 g/mol. The lowest BCUT2D eigenvalue weighted by molar-refractivity contribution is -0.161. The summed E-state index contributed by atoms with van der Waals surface area (Å²) in [5.74, 6) is -1.56. The summed E-state index contributed by atoms with van der Waals surface area (Å²) in [7, 11) is 1.55. The van der Waals surface area contributed by atoms with Gasteiger partial charge in [0.1, 0.15) is 5.75 Å². The topological polar surface area (TPSA) is 61.8 Å². The Labute approximate surface area is 146 Å². The van der Waals surface area contributed by atoms with Gasteiger partial charge in [0.25, 0.3) is 0 Å². The van der Waals surface area contributed by atoms with Crippen molar-refractivity contribution in [2.24, 2.45) is 5.92 Å². The molecule has 1 rings (SSSR count). The molecule has 1 aromatic carbocycles. The van der Waals surface area contributed by atoms with Crippen molar-refractivity contribution in [1.82, 2.24) is 0 Å². The predicted octanol–water partition coefficient (Wildman–Crippen LogP) is 3.51. The Bertz CT molecular complexity index is 527. The van der Waals surface area contributed by atoms with E-state index in [2.05, 4.69) is 31.9 Å². The highest BCUT2D eigenvalue weighted by molar-refractivity contribution is 9.11. The van der Waals surface area contributed by atoms with E-state index in [4.69, 9.17) is 14.2 Å². The Kier molecular flexibility index (Phi) is 7.89. The second-order valence-electron chi connectivity index (χ2n) is 4.34. The lowest BCUT2D eigenvalue weighted by atomic mass is 9.99. The van der Waals surface area contributed by atoms with Gasteiger partial charge in [-0.15, -0.1) is 0 Å². The van der Waals surface area contributed by atoms with Crippen molar-refractivity contribution < 1.29 is 23.8 Å². The van der Waals surface area contributed by atoms with E-state index in [1.807, 2.05) is 6.07 Å². The molecule has 1 aromatic rings. The van der Waals surface area contributed by atoms with Crippen LogP contribution in [-0.4, -0.2) is 32.3 Å². The molecule has 22 heavy (non-hydrogen) atoms. The monoisotopic (exact) mass is 436 g/mol. The molecule has 0 radical (unpaired) electrons.